The Hall–Kier alpha value is -1.45. The quantitative estimate of drug-likeness (QED) is 0.786. The van der Waals surface area contributed by atoms with Gasteiger partial charge >= 0.3 is 5.97 Å². The van der Waals surface area contributed by atoms with Crippen molar-refractivity contribution >= 4 is 5.97 Å². The zero-order chi connectivity index (χ0) is 10.6. The van der Waals surface area contributed by atoms with Gasteiger partial charge in [0.05, 0.1) is 6.42 Å². The van der Waals surface area contributed by atoms with Crippen LogP contribution in [0.4, 0.5) is 0 Å². The molecule has 14 heavy (non-hydrogen) atoms. The Balaban J connectivity index is 2.78. The SMILES string of the molecule is CCc1ncc(C)c(CCC(=O)O)n1. The van der Waals surface area contributed by atoms with Crippen molar-refractivity contribution < 1.29 is 9.90 Å². The molecule has 0 saturated heterocycles. The molecule has 1 heterocycles. The number of nitrogens with zero attached hydrogens (tertiary/aromatic N) is 2. The van der Waals surface area contributed by atoms with E-state index in [1.807, 2.05) is 13.8 Å². The summed E-state index contributed by atoms with van der Waals surface area (Å²) in [6.45, 7) is 3.88. The molecule has 0 aromatic carbocycles. The van der Waals surface area contributed by atoms with Crippen LogP contribution in [-0.2, 0) is 17.6 Å². The van der Waals surface area contributed by atoms with E-state index in [-0.39, 0.29) is 6.42 Å². The van der Waals surface area contributed by atoms with Crippen LogP contribution in [0.2, 0.25) is 0 Å². The molecule has 1 aromatic rings. The van der Waals surface area contributed by atoms with E-state index in [1.54, 1.807) is 6.20 Å². The lowest BCUT2D eigenvalue weighted by atomic mass is 10.1. The first-order chi connectivity index (χ1) is 6.63. The van der Waals surface area contributed by atoms with Gasteiger partial charge in [0.1, 0.15) is 5.82 Å². The van der Waals surface area contributed by atoms with E-state index < -0.39 is 5.97 Å². The van der Waals surface area contributed by atoms with Crippen LogP contribution < -0.4 is 0 Å². The summed E-state index contributed by atoms with van der Waals surface area (Å²) in [6.07, 6.45) is 3.14. The molecule has 0 unspecified atom stereocenters. The van der Waals surface area contributed by atoms with Crippen LogP contribution >= 0.6 is 0 Å². The second kappa shape index (κ2) is 4.69. The van der Waals surface area contributed by atoms with Crippen molar-refractivity contribution in [3.63, 3.8) is 0 Å². The topological polar surface area (TPSA) is 63.1 Å². The molecule has 0 aliphatic rings. The summed E-state index contributed by atoms with van der Waals surface area (Å²) in [5.41, 5.74) is 1.81. The summed E-state index contributed by atoms with van der Waals surface area (Å²) in [5.74, 6) is -0.0166. The van der Waals surface area contributed by atoms with Gasteiger partial charge in [0.2, 0.25) is 0 Å². The van der Waals surface area contributed by atoms with Crippen molar-refractivity contribution in [2.75, 3.05) is 0 Å². The maximum absolute atomic E-state index is 10.4. The van der Waals surface area contributed by atoms with Crippen LogP contribution in [0.15, 0.2) is 6.20 Å². The number of hydrogen-bond acceptors (Lipinski definition) is 3. The van der Waals surface area contributed by atoms with Crippen LogP contribution in [0.3, 0.4) is 0 Å². The van der Waals surface area contributed by atoms with Gasteiger partial charge in [-0.25, -0.2) is 9.97 Å². The van der Waals surface area contributed by atoms with Crippen LogP contribution in [0, 0.1) is 6.92 Å². The molecular weight excluding hydrogens is 180 g/mol. The summed E-state index contributed by atoms with van der Waals surface area (Å²) in [6, 6.07) is 0. The monoisotopic (exact) mass is 194 g/mol. The number of carboxylic acid groups (broad SMARTS) is 1. The van der Waals surface area contributed by atoms with Gasteiger partial charge < -0.3 is 5.11 Å². The first kappa shape index (κ1) is 10.6. The number of carbonyl (C=O) groups is 1. The fourth-order valence-corrected chi connectivity index (χ4v) is 1.17. The summed E-state index contributed by atoms with van der Waals surface area (Å²) in [7, 11) is 0. The summed E-state index contributed by atoms with van der Waals surface area (Å²) >= 11 is 0. The molecular formula is C10H14N2O2. The Morgan fingerprint density at radius 2 is 2.29 bits per heavy atom. The first-order valence-corrected chi connectivity index (χ1v) is 4.66. The third-order valence-corrected chi connectivity index (χ3v) is 2.02. The van der Waals surface area contributed by atoms with Gasteiger partial charge in [-0.05, 0) is 12.5 Å². The predicted molar refractivity (Wildman–Crippen MR) is 52.1 cm³/mol. The molecule has 0 atom stereocenters. The van der Waals surface area contributed by atoms with E-state index in [0.29, 0.717) is 6.42 Å². The normalized spacial score (nSPS) is 10.1. The minimum Gasteiger partial charge on any atom is -0.481 e. The molecule has 1 rings (SSSR count). The number of carboxylic acids is 1. The van der Waals surface area contributed by atoms with Gasteiger partial charge in [-0.3, -0.25) is 4.79 Å². The Morgan fingerprint density at radius 1 is 1.57 bits per heavy atom. The number of aromatic nitrogens is 2. The van der Waals surface area contributed by atoms with Crippen molar-refractivity contribution in [2.45, 2.75) is 33.1 Å². The minimum absolute atomic E-state index is 0.126. The lowest BCUT2D eigenvalue weighted by molar-refractivity contribution is -0.136. The molecule has 0 spiro atoms. The van der Waals surface area contributed by atoms with E-state index in [0.717, 1.165) is 23.5 Å². The second-order valence-electron chi connectivity index (χ2n) is 3.16. The standard InChI is InChI=1S/C10H14N2O2/c1-3-9-11-6-7(2)8(12-9)4-5-10(13)14/h6H,3-5H2,1-2H3,(H,13,14). The third kappa shape index (κ3) is 2.80. The van der Waals surface area contributed by atoms with Gasteiger partial charge in [-0.2, -0.15) is 0 Å². The largest absolute Gasteiger partial charge is 0.481 e. The van der Waals surface area contributed by atoms with Crippen molar-refractivity contribution in [1.29, 1.82) is 0 Å². The molecule has 0 fully saturated rings. The molecule has 0 aliphatic heterocycles. The second-order valence-corrected chi connectivity index (χ2v) is 3.16. The zero-order valence-corrected chi connectivity index (χ0v) is 8.45. The molecule has 0 saturated carbocycles. The number of rotatable bonds is 4. The average molecular weight is 194 g/mol. The molecule has 0 aliphatic carbocycles. The van der Waals surface area contributed by atoms with Gasteiger partial charge in [-0.1, -0.05) is 6.92 Å². The molecule has 76 valence electrons. The van der Waals surface area contributed by atoms with E-state index in [2.05, 4.69) is 9.97 Å². The molecule has 0 bridgehead atoms. The van der Waals surface area contributed by atoms with Gasteiger partial charge in [0.25, 0.3) is 0 Å². The van der Waals surface area contributed by atoms with Crippen LogP contribution in [0.1, 0.15) is 30.4 Å². The highest BCUT2D eigenvalue weighted by molar-refractivity contribution is 5.67. The molecule has 4 nitrogen and oxygen atoms in total. The van der Waals surface area contributed by atoms with E-state index in [9.17, 15) is 4.79 Å². The molecule has 1 N–H and O–H groups in total. The Labute approximate surface area is 83.0 Å². The summed E-state index contributed by atoms with van der Waals surface area (Å²) in [4.78, 5) is 18.8. The van der Waals surface area contributed by atoms with E-state index in [1.165, 1.54) is 0 Å². The van der Waals surface area contributed by atoms with Crippen LogP contribution in [0.5, 0.6) is 0 Å². The summed E-state index contributed by atoms with van der Waals surface area (Å²) in [5, 5.41) is 8.55. The fourth-order valence-electron chi connectivity index (χ4n) is 1.17. The highest BCUT2D eigenvalue weighted by Crippen LogP contribution is 2.06. The van der Waals surface area contributed by atoms with Gasteiger partial charge in [0, 0.05) is 24.7 Å². The predicted octanol–water partition coefficient (Wildman–Crippen LogP) is 1.36. The van der Waals surface area contributed by atoms with Gasteiger partial charge in [0.15, 0.2) is 0 Å². The molecule has 4 heteroatoms. The highest BCUT2D eigenvalue weighted by Gasteiger charge is 2.05. The first-order valence-electron chi connectivity index (χ1n) is 4.66. The van der Waals surface area contributed by atoms with Crippen molar-refractivity contribution in [1.82, 2.24) is 9.97 Å². The van der Waals surface area contributed by atoms with Crippen molar-refractivity contribution in [3.8, 4) is 0 Å². The molecule has 1 aromatic heterocycles. The number of aliphatic carboxylic acids is 1. The average Bonchev–Trinajstić information content (AvgIpc) is 2.16. The maximum atomic E-state index is 10.4. The van der Waals surface area contributed by atoms with E-state index >= 15 is 0 Å². The molecule has 0 amide bonds. The Morgan fingerprint density at radius 3 is 2.86 bits per heavy atom. The lowest BCUT2D eigenvalue weighted by Crippen LogP contribution is -2.04. The van der Waals surface area contributed by atoms with Crippen LogP contribution in [-0.4, -0.2) is 21.0 Å². The maximum Gasteiger partial charge on any atom is 0.303 e. The highest BCUT2D eigenvalue weighted by atomic mass is 16.4. The Bertz CT molecular complexity index is 337. The van der Waals surface area contributed by atoms with Crippen molar-refractivity contribution in [2.24, 2.45) is 0 Å². The van der Waals surface area contributed by atoms with E-state index in [4.69, 9.17) is 5.11 Å². The third-order valence-electron chi connectivity index (χ3n) is 2.02. The lowest BCUT2D eigenvalue weighted by Gasteiger charge is -2.04. The zero-order valence-electron chi connectivity index (χ0n) is 8.45. The number of aryl methyl sites for hydroxylation is 3. The minimum atomic E-state index is -0.791. The van der Waals surface area contributed by atoms with Gasteiger partial charge in [-0.15, -0.1) is 0 Å². The fraction of sp³-hybridized carbons (Fsp3) is 0.500. The Kier molecular flexibility index (Phi) is 3.56. The molecule has 0 radical (unpaired) electrons. The van der Waals surface area contributed by atoms with Crippen molar-refractivity contribution in [3.05, 3.63) is 23.3 Å². The van der Waals surface area contributed by atoms with Crippen LogP contribution in [0.25, 0.3) is 0 Å². The smallest absolute Gasteiger partial charge is 0.303 e. The summed E-state index contributed by atoms with van der Waals surface area (Å²) < 4.78 is 0. The number of hydrogen-bond donors (Lipinski definition) is 1.